The van der Waals surface area contributed by atoms with Gasteiger partial charge < -0.3 is 89.9 Å². The van der Waals surface area contributed by atoms with Crippen molar-refractivity contribution >= 4 is 5.91 Å². The molecular weight excluding hydrogens is 951 g/mol. The zero-order chi connectivity index (χ0) is 53.4. The van der Waals surface area contributed by atoms with E-state index >= 15 is 0 Å². The van der Waals surface area contributed by atoms with Gasteiger partial charge in [-0.1, -0.05) is 145 Å². The molecule has 17 unspecified atom stereocenters. The summed E-state index contributed by atoms with van der Waals surface area (Å²) in [6.07, 6.45) is 13.3. The molecule has 0 saturated carbocycles. The molecule has 3 aliphatic heterocycles. The zero-order valence-corrected chi connectivity index (χ0v) is 43.3. The number of rotatable bonds is 37. The summed E-state index contributed by atoms with van der Waals surface area (Å²) >= 11 is 0. The molecule has 0 spiro atoms. The van der Waals surface area contributed by atoms with Gasteiger partial charge in [-0.3, -0.25) is 4.79 Å². The molecule has 3 saturated heterocycles. The van der Waals surface area contributed by atoms with Gasteiger partial charge in [0, 0.05) is 6.42 Å². The van der Waals surface area contributed by atoms with Crippen LogP contribution in [-0.2, 0) is 33.2 Å². The Kier molecular flexibility index (Phi) is 33.8. The van der Waals surface area contributed by atoms with Crippen molar-refractivity contribution in [1.29, 1.82) is 0 Å². The lowest BCUT2D eigenvalue weighted by atomic mass is 9.96. The number of carbonyl (C=O) groups excluding carboxylic acids is 1. The van der Waals surface area contributed by atoms with Gasteiger partial charge in [0.2, 0.25) is 5.91 Å². The molecule has 0 aromatic rings. The maximum absolute atomic E-state index is 13.2. The molecule has 0 radical (unpaired) electrons. The monoisotopic (exact) mass is 1040 g/mol. The Bertz CT molecular complexity index is 1580. The molecule has 1 amide bonds. The molecule has 12 N–H and O–H groups in total. The molecular formula is C54H93NO18. The van der Waals surface area contributed by atoms with E-state index in [9.17, 15) is 61.0 Å². The van der Waals surface area contributed by atoms with Crippen LogP contribution in [0.5, 0.6) is 0 Å². The van der Waals surface area contributed by atoms with Crippen molar-refractivity contribution in [2.75, 3.05) is 26.4 Å². The lowest BCUT2D eigenvalue weighted by molar-refractivity contribution is -0.379. The molecule has 3 heterocycles. The Morgan fingerprint density at radius 3 is 1.42 bits per heavy atom. The highest BCUT2D eigenvalue weighted by atomic mass is 16.8. The molecule has 17 atom stereocenters. The predicted octanol–water partition coefficient (Wildman–Crippen LogP) is 2.92. The van der Waals surface area contributed by atoms with E-state index < -0.39 is 124 Å². The molecule has 422 valence electrons. The number of allylic oxidation sites excluding steroid dienone is 10. The van der Waals surface area contributed by atoms with Gasteiger partial charge in [0.25, 0.3) is 0 Å². The van der Waals surface area contributed by atoms with Gasteiger partial charge in [0.15, 0.2) is 18.9 Å². The Hall–Kier alpha value is -2.51. The standard InChI is InChI=1S/C54H93NO18/c1-3-5-7-9-11-13-15-16-17-18-19-20-22-24-26-28-30-32-42(60)55-37(38(59)31-29-27-25-23-21-14-12-10-8-6-4-2)36-68-52-48(66)45(63)50(40(34-57)70-52)73-54-49(67)46(64)51(41(35-58)71-54)72-53-47(65)44(62)43(61)39(33-56)69-53/h5,7,11,13,16-17,19-20,24,26,37-41,43-54,56-59,61-67H,3-4,6,8-10,12,14-15,18,21-23,25,27-36H2,1-2H3,(H,55,60)/b7-5-,13-11-,17-16-,20-19-,26-24-. The smallest absolute Gasteiger partial charge is 0.220 e. The van der Waals surface area contributed by atoms with Gasteiger partial charge in [0.1, 0.15) is 73.2 Å². The van der Waals surface area contributed by atoms with Crippen molar-refractivity contribution in [3.63, 3.8) is 0 Å². The molecule has 19 heteroatoms. The summed E-state index contributed by atoms with van der Waals surface area (Å²) in [6, 6.07) is -0.917. The number of amides is 1. The summed E-state index contributed by atoms with van der Waals surface area (Å²) < 4.78 is 34.1. The Morgan fingerprint density at radius 2 is 0.932 bits per heavy atom. The second-order valence-electron chi connectivity index (χ2n) is 19.3. The number of ether oxygens (including phenoxy) is 6. The summed E-state index contributed by atoms with van der Waals surface area (Å²) in [7, 11) is 0. The first-order valence-electron chi connectivity index (χ1n) is 27.0. The predicted molar refractivity (Wildman–Crippen MR) is 272 cm³/mol. The number of aliphatic hydroxyl groups is 11. The van der Waals surface area contributed by atoms with E-state index in [1.54, 1.807) is 0 Å². The van der Waals surface area contributed by atoms with Crippen molar-refractivity contribution < 1.29 is 89.4 Å². The van der Waals surface area contributed by atoms with Gasteiger partial charge >= 0.3 is 0 Å². The first kappa shape index (κ1) is 64.8. The topological polar surface area (TPSA) is 307 Å². The van der Waals surface area contributed by atoms with Crippen LogP contribution in [0.15, 0.2) is 60.8 Å². The van der Waals surface area contributed by atoms with E-state index in [2.05, 4.69) is 73.8 Å². The lowest BCUT2D eigenvalue weighted by Gasteiger charge is -2.48. The van der Waals surface area contributed by atoms with Crippen LogP contribution in [0.25, 0.3) is 0 Å². The number of nitrogens with one attached hydrogen (secondary N) is 1. The van der Waals surface area contributed by atoms with Crippen LogP contribution in [-0.4, -0.2) is 193 Å². The molecule has 0 aromatic carbocycles. The molecule has 3 fully saturated rings. The van der Waals surface area contributed by atoms with Gasteiger partial charge in [-0.2, -0.15) is 0 Å². The SMILES string of the molecule is CC/C=C\C/C=C\C/C=C\C/C=C\C/C=C\CCCC(=O)NC(COC1OC(CO)C(OC2OC(CO)C(OC3OC(CO)C(O)C(O)C3O)C(O)C2O)C(O)C1O)C(O)CCCCCCCCCCCCC. The van der Waals surface area contributed by atoms with Crippen molar-refractivity contribution in [3.8, 4) is 0 Å². The molecule has 0 aromatic heterocycles. The average molecular weight is 1040 g/mol. The van der Waals surface area contributed by atoms with E-state index in [1.807, 2.05) is 6.08 Å². The first-order valence-corrected chi connectivity index (χ1v) is 27.0. The number of hydrogen-bond acceptors (Lipinski definition) is 18. The van der Waals surface area contributed by atoms with Gasteiger partial charge in [-0.25, -0.2) is 0 Å². The Morgan fingerprint density at radius 1 is 0.507 bits per heavy atom. The van der Waals surface area contributed by atoms with E-state index in [4.69, 9.17) is 28.4 Å². The largest absolute Gasteiger partial charge is 0.394 e. The second-order valence-corrected chi connectivity index (χ2v) is 19.3. The fourth-order valence-corrected chi connectivity index (χ4v) is 8.88. The fourth-order valence-electron chi connectivity index (χ4n) is 8.88. The molecule has 3 aliphatic rings. The number of unbranched alkanes of at least 4 members (excludes halogenated alkanes) is 11. The summed E-state index contributed by atoms with van der Waals surface area (Å²) in [5, 5.41) is 120. The molecule has 73 heavy (non-hydrogen) atoms. The van der Waals surface area contributed by atoms with Crippen molar-refractivity contribution in [2.24, 2.45) is 0 Å². The quantitative estimate of drug-likeness (QED) is 0.0315. The highest BCUT2D eigenvalue weighted by molar-refractivity contribution is 5.76. The normalized spacial score (nSPS) is 32.2. The second kappa shape index (κ2) is 38.1. The van der Waals surface area contributed by atoms with E-state index in [0.717, 1.165) is 51.4 Å². The maximum atomic E-state index is 13.2. The van der Waals surface area contributed by atoms with Gasteiger partial charge in [-0.05, 0) is 51.4 Å². The van der Waals surface area contributed by atoms with Crippen LogP contribution in [0.4, 0.5) is 0 Å². The van der Waals surface area contributed by atoms with Crippen LogP contribution in [0.3, 0.4) is 0 Å². The Labute approximate surface area is 433 Å². The van der Waals surface area contributed by atoms with Crippen molar-refractivity contribution in [2.45, 2.75) is 247 Å². The summed E-state index contributed by atoms with van der Waals surface area (Å²) in [5.41, 5.74) is 0. The summed E-state index contributed by atoms with van der Waals surface area (Å²) in [5.74, 6) is -0.305. The summed E-state index contributed by atoms with van der Waals surface area (Å²) in [6.45, 7) is 1.57. The first-order chi connectivity index (χ1) is 35.3. The van der Waals surface area contributed by atoms with Crippen LogP contribution in [0.1, 0.15) is 142 Å². The molecule has 3 rings (SSSR count). The van der Waals surface area contributed by atoms with Crippen LogP contribution >= 0.6 is 0 Å². The molecule has 0 aliphatic carbocycles. The van der Waals surface area contributed by atoms with E-state index in [1.165, 1.54) is 44.9 Å². The number of carbonyl (C=O) groups is 1. The van der Waals surface area contributed by atoms with Crippen LogP contribution in [0.2, 0.25) is 0 Å². The molecule has 19 nitrogen and oxygen atoms in total. The highest BCUT2D eigenvalue weighted by Gasteiger charge is 2.53. The fraction of sp³-hybridized carbons (Fsp3) is 0.796. The maximum Gasteiger partial charge on any atom is 0.220 e. The third-order valence-corrected chi connectivity index (χ3v) is 13.4. The highest BCUT2D eigenvalue weighted by Crippen LogP contribution is 2.33. The minimum Gasteiger partial charge on any atom is -0.394 e. The van der Waals surface area contributed by atoms with Crippen LogP contribution in [0, 0.1) is 0 Å². The lowest BCUT2D eigenvalue weighted by Crippen LogP contribution is -2.66. The van der Waals surface area contributed by atoms with E-state index in [0.29, 0.717) is 25.7 Å². The average Bonchev–Trinajstić information content (AvgIpc) is 3.39. The molecule has 0 bridgehead atoms. The van der Waals surface area contributed by atoms with Crippen LogP contribution < -0.4 is 5.32 Å². The van der Waals surface area contributed by atoms with Crippen molar-refractivity contribution in [3.05, 3.63) is 60.8 Å². The minimum absolute atomic E-state index is 0.185. The third-order valence-electron chi connectivity index (χ3n) is 13.4. The minimum atomic E-state index is -1.98. The van der Waals surface area contributed by atoms with Gasteiger partial charge in [-0.15, -0.1) is 0 Å². The van der Waals surface area contributed by atoms with Crippen molar-refractivity contribution in [1.82, 2.24) is 5.32 Å². The zero-order valence-electron chi connectivity index (χ0n) is 43.3. The number of hydrogen-bond donors (Lipinski definition) is 12. The summed E-state index contributed by atoms with van der Waals surface area (Å²) in [4.78, 5) is 13.2. The number of aliphatic hydroxyl groups excluding tert-OH is 11. The Balaban J connectivity index is 1.55. The van der Waals surface area contributed by atoms with Gasteiger partial charge in [0.05, 0.1) is 38.6 Å². The third kappa shape index (κ3) is 23.3. The van der Waals surface area contributed by atoms with E-state index in [-0.39, 0.29) is 18.9 Å².